The van der Waals surface area contributed by atoms with Crippen molar-refractivity contribution in [1.29, 1.82) is 0 Å². The van der Waals surface area contributed by atoms with Gasteiger partial charge in [-0.3, -0.25) is 0 Å². The third-order valence-corrected chi connectivity index (χ3v) is 4.90. The van der Waals surface area contributed by atoms with Crippen LogP contribution in [0.1, 0.15) is 50.0 Å². The standard InChI is InChI=1S/C16H22ClN/c17-15-7-5-13(6-8-15)14-9-16(10-14)18-11-12-3-1-2-4-12/h5-8,12,14,16,18H,1-4,9-11H2. The van der Waals surface area contributed by atoms with E-state index in [-0.39, 0.29) is 0 Å². The van der Waals surface area contributed by atoms with Gasteiger partial charge >= 0.3 is 0 Å². The Balaban J connectivity index is 1.41. The fourth-order valence-electron chi connectivity index (χ4n) is 3.34. The van der Waals surface area contributed by atoms with E-state index >= 15 is 0 Å². The highest BCUT2D eigenvalue weighted by molar-refractivity contribution is 6.30. The quantitative estimate of drug-likeness (QED) is 0.851. The van der Waals surface area contributed by atoms with Gasteiger partial charge in [-0.1, -0.05) is 36.6 Å². The summed E-state index contributed by atoms with van der Waals surface area (Å²) in [6.45, 7) is 1.25. The first kappa shape index (κ1) is 12.5. The summed E-state index contributed by atoms with van der Waals surface area (Å²) in [7, 11) is 0. The molecule has 2 saturated carbocycles. The molecule has 2 aliphatic carbocycles. The van der Waals surface area contributed by atoms with E-state index in [0.717, 1.165) is 22.9 Å². The third kappa shape index (κ3) is 2.89. The Morgan fingerprint density at radius 2 is 1.72 bits per heavy atom. The highest BCUT2D eigenvalue weighted by atomic mass is 35.5. The van der Waals surface area contributed by atoms with Crippen LogP contribution in [0.4, 0.5) is 0 Å². The Hall–Kier alpha value is -0.530. The number of rotatable bonds is 4. The number of halogens is 1. The van der Waals surface area contributed by atoms with Gasteiger partial charge in [-0.2, -0.15) is 0 Å². The maximum absolute atomic E-state index is 5.92. The molecule has 2 fully saturated rings. The van der Waals surface area contributed by atoms with Crippen molar-refractivity contribution in [3.8, 4) is 0 Å². The molecule has 1 N–H and O–H groups in total. The van der Waals surface area contributed by atoms with Crippen molar-refractivity contribution in [1.82, 2.24) is 5.32 Å². The molecule has 3 rings (SSSR count). The van der Waals surface area contributed by atoms with Crippen LogP contribution in [0.25, 0.3) is 0 Å². The van der Waals surface area contributed by atoms with Crippen LogP contribution in [0.2, 0.25) is 5.02 Å². The summed E-state index contributed by atoms with van der Waals surface area (Å²) in [5.74, 6) is 1.71. The maximum Gasteiger partial charge on any atom is 0.0406 e. The topological polar surface area (TPSA) is 12.0 Å². The Labute approximate surface area is 115 Å². The predicted molar refractivity (Wildman–Crippen MR) is 77.2 cm³/mol. The largest absolute Gasteiger partial charge is 0.314 e. The smallest absolute Gasteiger partial charge is 0.0406 e. The average Bonchev–Trinajstić information content (AvgIpc) is 2.82. The molecule has 2 heteroatoms. The zero-order valence-electron chi connectivity index (χ0n) is 10.9. The van der Waals surface area contributed by atoms with E-state index in [9.17, 15) is 0 Å². The molecule has 0 amide bonds. The van der Waals surface area contributed by atoms with Crippen LogP contribution in [0, 0.1) is 5.92 Å². The predicted octanol–water partition coefficient (Wildman–Crippen LogP) is 4.37. The minimum atomic E-state index is 0.753. The first-order valence-electron chi connectivity index (χ1n) is 7.30. The van der Waals surface area contributed by atoms with Gasteiger partial charge in [0.05, 0.1) is 0 Å². The van der Waals surface area contributed by atoms with Gasteiger partial charge in [0.25, 0.3) is 0 Å². The molecule has 0 bridgehead atoms. The second-order valence-corrected chi connectivity index (χ2v) is 6.41. The highest BCUT2D eigenvalue weighted by Crippen LogP contribution is 2.37. The summed E-state index contributed by atoms with van der Waals surface area (Å²) in [6.07, 6.45) is 8.39. The van der Waals surface area contributed by atoms with E-state index in [4.69, 9.17) is 11.6 Å². The van der Waals surface area contributed by atoms with Gasteiger partial charge in [0.1, 0.15) is 0 Å². The van der Waals surface area contributed by atoms with Gasteiger partial charge in [0.2, 0.25) is 0 Å². The lowest BCUT2D eigenvalue weighted by Gasteiger charge is -2.37. The molecule has 98 valence electrons. The summed E-state index contributed by atoms with van der Waals surface area (Å²) in [4.78, 5) is 0. The van der Waals surface area contributed by atoms with Crippen molar-refractivity contribution in [2.75, 3.05) is 6.54 Å². The second-order valence-electron chi connectivity index (χ2n) is 5.98. The van der Waals surface area contributed by atoms with Gasteiger partial charge in [0.15, 0.2) is 0 Å². The number of hydrogen-bond donors (Lipinski definition) is 1. The van der Waals surface area contributed by atoms with Crippen molar-refractivity contribution >= 4 is 11.6 Å². The SMILES string of the molecule is Clc1ccc(C2CC(NCC3CCCC3)C2)cc1. The van der Waals surface area contributed by atoms with Crippen LogP contribution >= 0.6 is 11.6 Å². The minimum Gasteiger partial charge on any atom is -0.314 e. The third-order valence-electron chi connectivity index (χ3n) is 4.65. The van der Waals surface area contributed by atoms with E-state index in [1.807, 2.05) is 12.1 Å². The highest BCUT2D eigenvalue weighted by Gasteiger charge is 2.30. The second kappa shape index (κ2) is 5.63. The van der Waals surface area contributed by atoms with E-state index in [2.05, 4.69) is 17.4 Å². The van der Waals surface area contributed by atoms with Crippen LogP contribution in [-0.2, 0) is 0 Å². The molecular formula is C16H22ClN. The molecule has 0 heterocycles. The summed E-state index contributed by atoms with van der Waals surface area (Å²) < 4.78 is 0. The van der Waals surface area contributed by atoms with E-state index < -0.39 is 0 Å². The first-order valence-corrected chi connectivity index (χ1v) is 7.68. The number of hydrogen-bond acceptors (Lipinski definition) is 1. The number of benzene rings is 1. The van der Waals surface area contributed by atoms with E-state index in [1.165, 1.54) is 50.6 Å². The van der Waals surface area contributed by atoms with Crippen molar-refractivity contribution in [2.24, 2.45) is 5.92 Å². The zero-order valence-corrected chi connectivity index (χ0v) is 11.6. The van der Waals surface area contributed by atoms with E-state index in [0.29, 0.717) is 0 Å². The molecular weight excluding hydrogens is 242 g/mol. The molecule has 1 aromatic rings. The lowest BCUT2D eigenvalue weighted by Crippen LogP contribution is -2.41. The monoisotopic (exact) mass is 263 g/mol. The molecule has 1 nitrogen and oxygen atoms in total. The molecule has 1 aromatic carbocycles. The summed E-state index contributed by atoms with van der Waals surface area (Å²) in [5, 5.41) is 4.59. The van der Waals surface area contributed by atoms with Crippen LogP contribution < -0.4 is 5.32 Å². The van der Waals surface area contributed by atoms with E-state index in [1.54, 1.807) is 0 Å². The molecule has 0 aromatic heterocycles. The van der Waals surface area contributed by atoms with Gasteiger partial charge in [0, 0.05) is 11.1 Å². The summed E-state index contributed by atoms with van der Waals surface area (Å²) in [6, 6.07) is 9.14. The lowest BCUT2D eigenvalue weighted by molar-refractivity contribution is 0.276. The fraction of sp³-hybridized carbons (Fsp3) is 0.625. The fourth-order valence-corrected chi connectivity index (χ4v) is 3.47. The van der Waals surface area contributed by atoms with Crippen LogP contribution in [0.15, 0.2) is 24.3 Å². The Kier molecular flexibility index (Phi) is 3.91. The van der Waals surface area contributed by atoms with Crippen LogP contribution in [0.5, 0.6) is 0 Å². The summed E-state index contributed by atoms with van der Waals surface area (Å²) >= 11 is 5.92. The molecule has 0 radical (unpaired) electrons. The molecule has 0 saturated heterocycles. The zero-order chi connectivity index (χ0) is 12.4. The lowest BCUT2D eigenvalue weighted by atomic mass is 9.76. The minimum absolute atomic E-state index is 0.753. The van der Waals surface area contributed by atoms with Crippen molar-refractivity contribution in [3.63, 3.8) is 0 Å². The van der Waals surface area contributed by atoms with Gasteiger partial charge in [-0.15, -0.1) is 0 Å². The molecule has 0 aliphatic heterocycles. The maximum atomic E-state index is 5.92. The molecule has 18 heavy (non-hydrogen) atoms. The Morgan fingerprint density at radius 3 is 2.39 bits per heavy atom. The van der Waals surface area contributed by atoms with Crippen LogP contribution in [-0.4, -0.2) is 12.6 Å². The normalized spacial score (nSPS) is 28.3. The van der Waals surface area contributed by atoms with Crippen molar-refractivity contribution < 1.29 is 0 Å². The molecule has 0 unspecified atom stereocenters. The Morgan fingerprint density at radius 1 is 1.06 bits per heavy atom. The van der Waals surface area contributed by atoms with Crippen molar-refractivity contribution in [2.45, 2.75) is 50.5 Å². The van der Waals surface area contributed by atoms with Crippen LogP contribution in [0.3, 0.4) is 0 Å². The van der Waals surface area contributed by atoms with Crippen molar-refractivity contribution in [3.05, 3.63) is 34.9 Å². The molecule has 0 atom stereocenters. The Bertz CT molecular complexity index is 375. The number of nitrogens with one attached hydrogen (secondary N) is 1. The van der Waals surface area contributed by atoms with Gasteiger partial charge in [-0.05, 0) is 61.8 Å². The van der Waals surface area contributed by atoms with Gasteiger partial charge < -0.3 is 5.32 Å². The molecule has 0 spiro atoms. The molecule has 2 aliphatic rings. The average molecular weight is 264 g/mol. The van der Waals surface area contributed by atoms with Gasteiger partial charge in [-0.25, -0.2) is 0 Å². The summed E-state index contributed by atoms with van der Waals surface area (Å²) in [5.41, 5.74) is 1.46. The first-order chi connectivity index (χ1) is 8.81.